The highest BCUT2D eigenvalue weighted by molar-refractivity contribution is 6.21. The van der Waals surface area contributed by atoms with Gasteiger partial charge in [0.05, 0.1) is 14.2 Å². The molecule has 0 aromatic heterocycles. The SMILES string of the molecule is COc1ccc(CNC(C)(C)C(C)Cl)cc1OC. The third-order valence-corrected chi connectivity index (χ3v) is 3.74. The van der Waals surface area contributed by atoms with Crippen LogP contribution in [0.5, 0.6) is 11.5 Å². The van der Waals surface area contributed by atoms with Crippen LogP contribution < -0.4 is 14.8 Å². The lowest BCUT2D eigenvalue weighted by atomic mass is 10.0. The van der Waals surface area contributed by atoms with E-state index in [4.69, 9.17) is 21.1 Å². The standard InChI is InChI=1S/C14H22ClNO2/c1-10(15)14(2,3)16-9-11-6-7-12(17-4)13(8-11)18-5/h6-8,10,16H,9H2,1-5H3. The molecular formula is C14H22ClNO2. The van der Waals surface area contributed by atoms with Gasteiger partial charge in [0.1, 0.15) is 0 Å². The van der Waals surface area contributed by atoms with Gasteiger partial charge in [-0.3, -0.25) is 0 Å². The van der Waals surface area contributed by atoms with Gasteiger partial charge in [0.15, 0.2) is 11.5 Å². The topological polar surface area (TPSA) is 30.5 Å². The Balaban J connectivity index is 2.74. The molecule has 0 radical (unpaired) electrons. The van der Waals surface area contributed by atoms with E-state index >= 15 is 0 Å². The first-order valence-corrected chi connectivity index (χ1v) is 6.44. The van der Waals surface area contributed by atoms with Gasteiger partial charge in [-0.25, -0.2) is 0 Å². The fourth-order valence-electron chi connectivity index (χ4n) is 1.46. The third-order valence-electron chi connectivity index (χ3n) is 3.19. The lowest BCUT2D eigenvalue weighted by molar-refractivity contribution is 0.352. The molecule has 1 unspecified atom stereocenters. The normalized spacial score (nSPS) is 13.2. The number of hydrogen-bond donors (Lipinski definition) is 1. The molecular weight excluding hydrogens is 250 g/mol. The molecule has 1 aromatic carbocycles. The molecule has 1 atom stereocenters. The zero-order valence-corrected chi connectivity index (χ0v) is 12.5. The summed E-state index contributed by atoms with van der Waals surface area (Å²) in [5.74, 6) is 1.49. The summed E-state index contributed by atoms with van der Waals surface area (Å²) in [4.78, 5) is 0. The van der Waals surface area contributed by atoms with E-state index in [0.29, 0.717) is 0 Å². The summed E-state index contributed by atoms with van der Waals surface area (Å²) in [6.45, 7) is 6.91. The molecule has 0 amide bonds. The van der Waals surface area contributed by atoms with Gasteiger partial charge in [-0.15, -0.1) is 11.6 Å². The second-order valence-corrected chi connectivity index (χ2v) is 5.54. The second kappa shape index (κ2) is 6.30. The summed E-state index contributed by atoms with van der Waals surface area (Å²) in [5, 5.41) is 3.49. The molecule has 1 N–H and O–H groups in total. The third kappa shape index (κ3) is 3.79. The van der Waals surface area contributed by atoms with Crippen LogP contribution in [0.15, 0.2) is 18.2 Å². The minimum atomic E-state index is -0.116. The molecule has 0 aliphatic carbocycles. The highest BCUT2D eigenvalue weighted by Gasteiger charge is 2.23. The van der Waals surface area contributed by atoms with E-state index in [2.05, 4.69) is 19.2 Å². The van der Waals surface area contributed by atoms with Crippen LogP contribution in [0.3, 0.4) is 0 Å². The fraction of sp³-hybridized carbons (Fsp3) is 0.571. The summed E-state index contributed by atoms with van der Waals surface area (Å²) >= 11 is 6.13. The van der Waals surface area contributed by atoms with Gasteiger partial charge < -0.3 is 14.8 Å². The molecule has 0 fully saturated rings. The number of alkyl halides is 1. The van der Waals surface area contributed by atoms with Crippen LogP contribution in [-0.2, 0) is 6.54 Å². The Bertz CT molecular complexity index is 391. The van der Waals surface area contributed by atoms with Crippen molar-refractivity contribution in [3.8, 4) is 11.5 Å². The number of rotatable bonds is 6. The smallest absolute Gasteiger partial charge is 0.161 e. The van der Waals surface area contributed by atoms with E-state index in [-0.39, 0.29) is 10.9 Å². The molecule has 3 nitrogen and oxygen atoms in total. The van der Waals surface area contributed by atoms with E-state index in [1.54, 1.807) is 14.2 Å². The molecule has 18 heavy (non-hydrogen) atoms. The summed E-state index contributed by atoms with van der Waals surface area (Å²) < 4.78 is 10.5. The van der Waals surface area contributed by atoms with Crippen LogP contribution in [0.1, 0.15) is 26.3 Å². The summed E-state index contributed by atoms with van der Waals surface area (Å²) in [6.07, 6.45) is 0. The van der Waals surface area contributed by atoms with Crippen molar-refractivity contribution in [1.29, 1.82) is 0 Å². The van der Waals surface area contributed by atoms with Gasteiger partial charge in [0.2, 0.25) is 0 Å². The minimum absolute atomic E-state index is 0.0534. The monoisotopic (exact) mass is 271 g/mol. The van der Waals surface area contributed by atoms with Gasteiger partial charge in [-0.1, -0.05) is 6.07 Å². The van der Waals surface area contributed by atoms with Gasteiger partial charge in [-0.2, -0.15) is 0 Å². The van der Waals surface area contributed by atoms with E-state index in [1.807, 2.05) is 25.1 Å². The van der Waals surface area contributed by atoms with E-state index in [9.17, 15) is 0 Å². The first kappa shape index (κ1) is 15.1. The van der Waals surface area contributed by atoms with Crippen molar-refractivity contribution >= 4 is 11.6 Å². The molecule has 102 valence electrons. The average Bonchev–Trinajstić information content (AvgIpc) is 2.35. The summed E-state index contributed by atoms with van der Waals surface area (Å²) in [5.41, 5.74) is 1.02. The molecule has 0 heterocycles. The highest BCUT2D eigenvalue weighted by atomic mass is 35.5. The fourth-order valence-corrected chi connectivity index (χ4v) is 1.54. The lowest BCUT2D eigenvalue weighted by Gasteiger charge is -2.29. The number of benzene rings is 1. The molecule has 1 aromatic rings. The summed E-state index contributed by atoms with van der Waals surface area (Å²) in [6, 6.07) is 5.90. The van der Waals surface area contributed by atoms with Crippen molar-refractivity contribution in [2.45, 2.75) is 38.2 Å². The maximum absolute atomic E-state index is 6.13. The first-order chi connectivity index (χ1) is 8.40. The Hall–Kier alpha value is -0.930. The molecule has 4 heteroatoms. The zero-order valence-electron chi connectivity index (χ0n) is 11.7. The molecule has 0 spiro atoms. The van der Waals surface area contributed by atoms with Crippen LogP contribution >= 0.6 is 11.6 Å². The molecule has 0 saturated heterocycles. The van der Waals surface area contributed by atoms with Crippen molar-refractivity contribution in [3.05, 3.63) is 23.8 Å². The molecule has 1 rings (SSSR count). The van der Waals surface area contributed by atoms with Crippen LogP contribution in [0.25, 0.3) is 0 Å². The molecule has 0 saturated carbocycles. The van der Waals surface area contributed by atoms with E-state index in [0.717, 1.165) is 23.6 Å². The highest BCUT2D eigenvalue weighted by Crippen LogP contribution is 2.27. The van der Waals surface area contributed by atoms with Crippen LogP contribution in [0.2, 0.25) is 0 Å². The average molecular weight is 272 g/mol. The Morgan fingerprint density at radius 2 is 1.83 bits per heavy atom. The largest absolute Gasteiger partial charge is 0.493 e. The van der Waals surface area contributed by atoms with Crippen LogP contribution in [0.4, 0.5) is 0 Å². The van der Waals surface area contributed by atoms with Gasteiger partial charge in [-0.05, 0) is 38.5 Å². The Morgan fingerprint density at radius 3 is 2.33 bits per heavy atom. The molecule has 0 bridgehead atoms. The maximum Gasteiger partial charge on any atom is 0.161 e. The predicted octanol–water partition coefficient (Wildman–Crippen LogP) is 3.20. The number of halogens is 1. The van der Waals surface area contributed by atoms with Crippen molar-refractivity contribution < 1.29 is 9.47 Å². The number of methoxy groups -OCH3 is 2. The van der Waals surface area contributed by atoms with Crippen molar-refractivity contribution in [1.82, 2.24) is 5.32 Å². The Kier molecular flexibility index (Phi) is 5.29. The molecule has 0 aliphatic heterocycles. The van der Waals surface area contributed by atoms with Crippen LogP contribution in [0, 0.1) is 0 Å². The maximum atomic E-state index is 6.13. The van der Waals surface area contributed by atoms with Crippen molar-refractivity contribution in [2.75, 3.05) is 14.2 Å². The predicted molar refractivity (Wildman–Crippen MR) is 75.8 cm³/mol. The van der Waals surface area contributed by atoms with E-state index in [1.165, 1.54) is 0 Å². The van der Waals surface area contributed by atoms with Gasteiger partial charge in [0, 0.05) is 17.5 Å². The van der Waals surface area contributed by atoms with Gasteiger partial charge in [0.25, 0.3) is 0 Å². The Labute approximate surface area is 114 Å². The van der Waals surface area contributed by atoms with Crippen molar-refractivity contribution in [2.24, 2.45) is 0 Å². The number of ether oxygens (including phenoxy) is 2. The Morgan fingerprint density at radius 1 is 1.22 bits per heavy atom. The minimum Gasteiger partial charge on any atom is -0.493 e. The lowest BCUT2D eigenvalue weighted by Crippen LogP contribution is -2.45. The van der Waals surface area contributed by atoms with E-state index < -0.39 is 0 Å². The second-order valence-electron chi connectivity index (χ2n) is 4.88. The summed E-state index contributed by atoms with van der Waals surface area (Å²) in [7, 11) is 3.27. The van der Waals surface area contributed by atoms with Gasteiger partial charge >= 0.3 is 0 Å². The molecule has 0 aliphatic rings. The quantitative estimate of drug-likeness (QED) is 0.806. The first-order valence-electron chi connectivity index (χ1n) is 6.00. The van der Waals surface area contributed by atoms with Crippen molar-refractivity contribution in [3.63, 3.8) is 0 Å². The number of hydrogen-bond acceptors (Lipinski definition) is 3. The number of nitrogens with one attached hydrogen (secondary N) is 1. The zero-order chi connectivity index (χ0) is 13.8. The van der Waals surface area contributed by atoms with Crippen LogP contribution in [-0.4, -0.2) is 25.1 Å².